The van der Waals surface area contributed by atoms with Crippen LogP contribution >= 0.6 is 15.9 Å². The van der Waals surface area contributed by atoms with Crippen LogP contribution in [0.2, 0.25) is 0 Å². The first-order valence-electron chi connectivity index (χ1n) is 7.81. The zero-order valence-electron chi connectivity index (χ0n) is 14.5. The summed E-state index contributed by atoms with van der Waals surface area (Å²) in [6, 6.07) is 8.22. The van der Waals surface area contributed by atoms with Crippen LogP contribution in [0.4, 0.5) is 13.2 Å². The number of methoxy groups -OCH3 is 1. The molecule has 0 heterocycles. The first kappa shape index (κ1) is 20.9. The molecule has 9 heteroatoms. The van der Waals surface area contributed by atoms with Crippen molar-refractivity contribution in [2.75, 3.05) is 7.11 Å². The molecule has 27 heavy (non-hydrogen) atoms. The van der Waals surface area contributed by atoms with Gasteiger partial charge in [0.15, 0.2) is 17.6 Å². The molecule has 1 atom stereocenters. The summed E-state index contributed by atoms with van der Waals surface area (Å²) in [6.07, 6.45) is -0.838. The van der Waals surface area contributed by atoms with E-state index in [9.17, 15) is 18.0 Å². The smallest absolute Gasteiger partial charge is 0.387 e. The van der Waals surface area contributed by atoms with Crippen LogP contribution < -0.4 is 19.5 Å². The molecule has 0 aliphatic rings. The van der Waals surface area contributed by atoms with E-state index in [-0.39, 0.29) is 18.0 Å². The molecule has 0 aromatic heterocycles. The number of carbonyl (C=O) groups is 1. The number of alkyl halides is 2. The Hall–Kier alpha value is -2.42. The van der Waals surface area contributed by atoms with Gasteiger partial charge in [0.2, 0.25) is 0 Å². The van der Waals surface area contributed by atoms with E-state index in [0.29, 0.717) is 15.8 Å². The highest BCUT2D eigenvalue weighted by molar-refractivity contribution is 9.10. The van der Waals surface area contributed by atoms with E-state index in [1.807, 2.05) is 0 Å². The molecule has 2 aromatic carbocycles. The quantitative estimate of drug-likeness (QED) is 0.655. The predicted molar refractivity (Wildman–Crippen MR) is 95.7 cm³/mol. The van der Waals surface area contributed by atoms with Crippen LogP contribution in [-0.4, -0.2) is 25.7 Å². The Morgan fingerprint density at radius 3 is 2.44 bits per heavy atom. The minimum atomic E-state index is -2.96. The third-order valence-electron chi connectivity index (χ3n) is 3.48. The average Bonchev–Trinajstić information content (AvgIpc) is 2.62. The molecule has 0 radical (unpaired) electrons. The molecule has 0 aliphatic heterocycles. The van der Waals surface area contributed by atoms with Gasteiger partial charge < -0.3 is 19.5 Å². The van der Waals surface area contributed by atoms with Gasteiger partial charge in [-0.05, 0) is 58.7 Å². The molecule has 0 bridgehead atoms. The molecule has 2 aromatic rings. The van der Waals surface area contributed by atoms with E-state index < -0.39 is 24.4 Å². The minimum absolute atomic E-state index is 0.0968. The number of amides is 1. The number of benzene rings is 2. The maximum absolute atomic E-state index is 13.1. The van der Waals surface area contributed by atoms with Gasteiger partial charge in [0.25, 0.3) is 5.91 Å². The monoisotopic (exact) mass is 447 g/mol. The largest absolute Gasteiger partial charge is 0.493 e. The summed E-state index contributed by atoms with van der Waals surface area (Å²) >= 11 is 3.16. The van der Waals surface area contributed by atoms with E-state index in [1.54, 1.807) is 6.92 Å². The number of ether oxygens (including phenoxy) is 3. The molecule has 1 N–H and O–H groups in total. The molecule has 146 valence electrons. The van der Waals surface area contributed by atoms with Gasteiger partial charge in [0.05, 0.1) is 11.6 Å². The molecular weight excluding hydrogens is 431 g/mol. The Morgan fingerprint density at radius 2 is 1.81 bits per heavy atom. The lowest BCUT2D eigenvalue weighted by Crippen LogP contribution is -2.36. The summed E-state index contributed by atoms with van der Waals surface area (Å²) in [4.78, 5) is 12.2. The number of nitrogens with one attached hydrogen (secondary N) is 1. The topological polar surface area (TPSA) is 56.8 Å². The SMILES string of the molecule is COc1cc(CNC(=O)C(C)Oc2ccc(F)cc2Br)ccc1OC(F)F. The van der Waals surface area contributed by atoms with Gasteiger partial charge in [-0.25, -0.2) is 4.39 Å². The molecule has 0 saturated heterocycles. The maximum atomic E-state index is 13.1. The molecule has 2 rings (SSSR count). The van der Waals surface area contributed by atoms with Crippen LogP contribution in [0, 0.1) is 5.82 Å². The normalized spacial score (nSPS) is 11.8. The average molecular weight is 448 g/mol. The highest BCUT2D eigenvalue weighted by atomic mass is 79.9. The highest BCUT2D eigenvalue weighted by Gasteiger charge is 2.17. The fourth-order valence-corrected chi connectivity index (χ4v) is 2.61. The number of halogens is 4. The molecule has 0 aliphatic carbocycles. The van der Waals surface area contributed by atoms with Crippen LogP contribution in [-0.2, 0) is 11.3 Å². The van der Waals surface area contributed by atoms with Crippen LogP contribution in [0.1, 0.15) is 12.5 Å². The first-order valence-corrected chi connectivity index (χ1v) is 8.60. The Morgan fingerprint density at radius 1 is 1.11 bits per heavy atom. The molecular formula is C18H17BrF3NO4. The van der Waals surface area contributed by atoms with E-state index in [4.69, 9.17) is 9.47 Å². The van der Waals surface area contributed by atoms with Gasteiger partial charge in [0.1, 0.15) is 11.6 Å². The van der Waals surface area contributed by atoms with E-state index in [2.05, 4.69) is 26.0 Å². The van der Waals surface area contributed by atoms with Crippen molar-refractivity contribution in [1.82, 2.24) is 5.32 Å². The third-order valence-corrected chi connectivity index (χ3v) is 4.10. The maximum Gasteiger partial charge on any atom is 0.387 e. The summed E-state index contributed by atoms with van der Waals surface area (Å²) in [6.45, 7) is -1.29. The van der Waals surface area contributed by atoms with Crippen molar-refractivity contribution in [1.29, 1.82) is 0 Å². The number of hydrogen-bond acceptors (Lipinski definition) is 4. The van der Waals surface area contributed by atoms with Gasteiger partial charge in [-0.3, -0.25) is 4.79 Å². The second-order valence-corrected chi connectivity index (χ2v) is 6.27. The van der Waals surface area contributed by atoms with Gasteiger partial charge in [-0.15, -0.1) is 0 Å². The number of rotatable bonds is 8. The van der Waals surface area contributed by atoms with Crippen molar-refractivity contribution in [3.63, 3.8) is 0 Å². The van der Waals surface area contributed by atoms with Crippen molar-refractivity contribution in [2.24, 2.45) is 0 Å². The molecule has 0 fully saturated rings. The van der Waals surface area contributed by atoms with Gasteiger partial charge in [-0.1, -0.05) is 6.07 Å². The van der Waals surface area contributed by atoms with Gasteiger partial charge >= 0.3 is 6.61 Å². The summed E-state index contributed by atoms with van der Waals surface area (Å²) in [7, 11) is 1.33. The highest BCUT2D eigenvalue weighted by Crippen LogP contribution is 2.29. The molecule has 5 nitrogen and oxygen atoms in total. The van der Waals surface area contributed by atoms with Gasteiger partial charge in [-0.2, -0.15) is 8.78 Å². The molecule has 1 unspecified atom stereocenters. The lowest BCUT2D eigenvalue weighted by molar-refractivity contribution is -0.127. The zero-order chi connectivity index (χ0) is 20.0. The Labute approximate surface area is 162 Å². The second-order valence-electron chi connectivity index (χ2n) is 5.42. The van der Waals surface area contributed by atoms with E-state index in [1.165, 1.54) is 43.5 Å². The number of hydrogen-bond donors (Lipinski definition) is 1. The van der Waals surface area contributed by atoms with Crippen LogP contribution in [0.5, 0.6) is 17.2 Å². The summed E-state index contributed by atoms with van der Waals surface area (Å²) in [5, 5.41) is 2.66. The Bertz CT molecular complexity index is 804. The first-order chi connectivity index (χ1) is 12.8. The van der Waals surface area contributed by atoms with Gasteiger partial charge in [0, 0.05) is 6.54 Å². The fourth-order valence-electron chi connectivity index (χ4n) is 2.16. The van der Waals surface area contributed by atoms with Crippen LogP contribution in [0.3, 0.4) is 0 Å². The van der Waals surface area contributed by atoms with Crippen molar-refractivity contribution < 1.29 is 32.2 Å². The zero-order valence-corrected chi connectivity index (χ0v) is 16.1. The second kappa shape index (κ2) is 9.50. The Balaban J connectivity index is 1.96. The Kier molecular flexibility index (Phi) is 7.35. The van der Waals surface area contributed by atoms with Crippen LogP contribution in [0.15, 0.2) is 40.9 Å². The van der Waals surface area contributed by atoms with Crippen molar-refractivity contribution >= 4 is 21.8 Å². The number of carbonyl (C=O) groups excluding carboxylic acids is 1. The molecule has 1 amide bonds. The fraction of sp³-hybridized carbons (Fsp3) is 0.278. The molecule has 0 saturated carbocycles. The lowest BCUT2D eigenvalue weighted by atomic mass is 10.2. The van der Waals surface area contributed by atoms with Crippen molar-refractivity contribution in [2.45, 2.75) is 26.2 Å². The van der Waals surface area contributed by atoms with Crippen molar-refractivity contribution in [3.8, 4) is 17.2 Å². The summed E-state index contributed by atoms with van der Waals surface area (Å²) in [5.41, 5.74) is 0.622. The predicted octanol–water partition coefficient (Wildman–Crippen LogP) is 4.28. The minimum Gasteiger partial charge on any atom is -0.493 e. The summed E-state index contributed by atoms with van der Waals surface area (Å²) < 4.78 is 53.0. The van der Waals surface area contributed by atoms with Crippen LogP contribution in [0.25, 0.3) is 0 Å². The van der Waals surface area contributed by atoms with E-state index >= 15 is 0 Å². The summed E-state index contributed by atoms with van der Waals surface area (Å²) in [5.74, 6) is -0.478. The van der Waals surface area contributed by atoms with Crippen molar-refractivity contribution in [3.05, 3.63) is 52.3 Å². The van der Waals surface area contributed by atoms with E-state index in [0.717, 1.165) is 0 Å². The standard InChI is InChI=1S/C18H17BrF3NO4/c1-10(26-14-6-4-12(20)8-13(14)19)17(24)23-9-11-3-5-15(27-18(21)22)16(7-11)25-2/h3-8,10,18H,9H2,1-2H3,(H,23,24). The lowest BCUT2D eigenvalue weighted by Gasteiger charge is -2.16. The third kappa shape index (κ3) is 6.06. The molecule has 0 spiro atoms.